The van der Waals surface area contributed by atoms with E-state index in [2.05, 4.69) is 46.3 Å². The van der Waals surface area contributed by atoms with Crippen LogP contribution in [0.4, 0.5) is 15.8 Å². The van der Waals surface area contributed by atoms with Crippen molar-refractivity contribution in [1.29, 1.82) is 0 Å². The lowest BCUT2D eigenvalue weighted by atomic mass is 9.98. The Morgan fingerprint density at radius 2 is 2.11 bits per heavy atom. The van der Waals surface area contributed by atoms with E-state index in [4.69, 9.17) is 5.73 Å². The number of alkyl halides is 1. The highest BCUT2D eigenvalue weighted by atomic mass is 19.1. The van der Waals surface area contributed by atoms with Crippen LogP contribution in [0, 0.1) is 5.92 Å². The normalized spacial score (nSPS) is 19.4. The highest BCUT2D eigenvalue weighted by Gasteiger charge is 2.24. The number of nitrogen functional groups attached to an aromatic ring is 1. The van der Waals surface area contributed by atoms with E-state index in [0.717, 1.165) is 55.8 Å². The molecule has 1 aliphatic carbocycles. The van der Waals surface area contributed by atoms with Crippen molar-refractivity contribution in [2.24, 2.45) is 5.92 Å². The summed E-state index contributed by atoms with van der Waals surface area (Å²) in [6.45, 7) is 1.55. The molecule has 1 aromatic carbocycles. The first-order valence-corrected chi connectivity index (χ1v) is 9.74. The molecule has 1 aromatic heterocycles. The molecule has 0 saturated carbocycles. The Morgan fingerprint density at radius 1 is 1.19 bits per heavy atom. The van der Waals surface area contributed by atoms with Gasteiger partial charge in [0.25, 0.3) is 0 Å². The van der Waals surface area contributed by atoms with E-state index in [0.29, 0.717) is 11.5 Å². The molecule has 2 aliphatic rings. The first kappa shape index (κ1) is 17.8. The van der Waals surface area contributed by atoms with E-state index in [1.807, 2.05) is 12.1 Å². The van der Waals surface area contributed by atoms with Crippen LogP contribution >= 0.6 is 0 Å². The topological polar surface area (TPSA) is 42.1 Å². The zero-order chi connectivity index (χ0) is 18.6. The molecule has 0 radical (unpaired) electrons. The third-order valence-corrected chi connectivity index (χ3v) is 5.52. The maximum Gasteiger partial charge on any atom is 0.116 e. The SMILES string of the molecule is Nc1cc(C2=CCCC=C2)ccc1N1CCC(Cc2ccc(CF)cn2)C1. The standard InChI is InChI=1S/C23H26FN3/c24-14-18-6-8-21(26-15-18)12-17-10-11-27(16-17)23-9-7-20(13-22(23)25)19-4-2-1-3-5-19/h2,4-9,13,15,17H,1,3,10-12,14,16,25H2. The zero-order valence-electron chi connectivity index (χ0n) is 15.6. The van der Waals surface area contributed by atoms with Crippen LogP contribution in [0.2, 0.25) is 0 Å². The smallest absolute Gasteiger partial charge is 0.116 e. The number of hydrogen-bond donors (Lipinski definition) is 1. The van der Waals surface area contributed by atoms with Gasteiger partial charge in [0.05, 0.1) is 11.4 Å². The zero-order valence-corrected chi connectivity index (χ0v) is 15.6. The summed E-state index contributed by atoms with van der Waals surface area (Å²) >= 11 is 0. The molecule has 1 fully saturated rings. The summed E-state index contributed by atoms with van der Waals surface area (Å²) < 4.78 is 12.6. The van der Waals surface area contributed by atoms with Gasteiger partial charge in [0.1, 0.15) is 6.67 Å². The van der Waals surface area contributed by atoms with Crippen LogP contribution in [0.5, 0.6) is 0 Å². The second kappa shape index (κ2) is 7.95. The molecule has 27 heavy (non-hydrogen) atoms. The molecular formula is C23H26FN3. The number of hydrogen-bond acceptors (Lipinski definition) is 3. The van der Waals surface area contributed by atoms with Crippen molar-refractivity contribution in [3.63, 3.8) is 0 Å². The van der Waals surface area contributed by atoms with Crippen LogP contribution in [-0.4, -0.2) is 18.1 Å². The number of benzene rings is 1. The van der Waals surface area contributed by atoms with Crippen LogP contribution in [0.3, 0.4) is 0 Å². The molecular weight excluding hydrogens is 337 g/mol. The van der Waals surface area contributed by atoms with Gasteiger partial charge in [0.2, 0.25) is 0 Å². The summed E-state index contributed by atoms with van der Waals surface area (Å²) in [5.74, 6) is 0.553. The van der Waals surface area contributed by atoms with Crippen molar-refractivity contribution in [1.82, 2.24) is 4.98 Å². The van der Waals surface area contributed by atoms with Crippen LogP contribution in [0.15, 0.2) is 54.8 Å². The summed E-state index contributed by atoms with van der Waals surface area (Å²) in [5.41, 5.74) is 12.5. The molecule has 2 N–H and O–H groups in total. The first-order chi connectivity index (χ1) is 13.2. The summed E-state index contributed by atoms with van der Waals surface area (Å²) in [6, 6.07) is 10.2. The van der Waals surface area contributed by atoms with Crippen LogP contribution in [0.1, 0.15) is 36.1 Å². The van der Waals surface area contributed by atoms with E-state index in [1.54, 1.807) is 6.20 Å². The van der Waals surface area contributed by atoms with Crippen molar-refractivity contribution in [3.05, 3.63) is 71.6 Å². The Morgan fingerprint density at radius 3 is 2.81 bits per heavy atom. The predicted molar refractivity (Wildman–Crippen MR) is 110 cm³/mol. The third kappa shape index (κ3) is 4.05. The third-order valence-electron chi connectivity index (χ3n) is 5.52. The number of anilines is 2. The summed E-state index contributed by atoms with van der Waals surface area (Å²) in [6.07, 6.45) is 12.6. The average Bonchev–Trinajstić information content (AvgIpc) is 3.17. The van der Waals surface area contributed by atoms with Gasteiger partial charge in [-0.1, -0.05) is 30.4 Å². The van der Waals surface area contributed by atoms with Gasteiger partial charge < -0.3 is 10.6 Å². The summed E-state index contributed by atoms with van der Waals surface area (Å²) in [7, 11) is 0. The summed E-state index contributed by atoms with van der Waals surface area (Å²) in [4.78, 5) is 6.78. The summed E-state index contributed by atoms with van der Waals surface area (Å²) in [5, 5.41) is 0. The highest BCUT2D eigenvalue weighted by Crippen LogP contribution is 2.33. The number of allylic oxidation sites excluding steroid dienone is 4. The minimum atomic E-state index is -0.452. The lowest BCUT2D eigenvalue weighted by Gasteiger charge is -2.21. The molecule has 2 aromatic rings. The van der Waals surface area contributed by atoms with Gasteiger partial charge in [-0.3, -0.25) is 4.98 Å². The van der Waals surface area contributed by atoms with Crippen molar-refractivity contribution in [3.8, 4) is 0 Å². The monoisotopic (exact) mass is 363 g/mol. The van der Waals surface area contributed by atoms with E-state index in [1.165, 1.54) is 11.1 Å². The number of nitrogens with two attached hydrogens (primary N) is 1. The van der Waals surface area contributed by atoms with E-state index < -0.39 is 6.67 Å². The molecule has 2 heterocycles. The second-order valence-electron chi connectivity index (χ2n) is 7.51. The maximum atomic E-state index is 12.6. The van der Waals surface area contributed by atoms with E-state index in [9.17, 15) is 4.39 Å². The Balaban J connectivity index is 1.42. The molecule has 1 aliphatic heterocycles. The van der Waals surface area contributed by atoms with Crippen molar-refractivity contribution in [2.75, 3.05) is 23.7 Å². The molecule has 1 unspecified atom stereocenters. The fraction of sp³-hybridized carbons (Fsp3) is 0.348. The van der Waals surface area contributed by atoms with Gasteiger partial charge in [-0.25, -0.2) is 4.39 Å². The van der Waals surface area contributed by atoms with Crippen molar-refractivity contribution in [2.45, 2.75) is 32.4 Å². The molecule has 3 nitrogen and oxygen atoms in total. The van der Waals surface area contributed by atoms with Gasteiger partial charge in [-0.05, 0) is 60.9 Å². The Bertz CT molecular complexity index is 854. The Labute approximate surface area is 160 Å². The number of nitrogens with zero attached hydrogens (tertiary/aromatic N) is 2. The lowest BCUT2D eigenvalue weighted by Crippen LogP contribution is -2.21. The van der Waals surface area contributed by atoms with Crippen LogP contribution in [-0.2, 0) is 13.1 Å². The molecule has 1 saturated heterocycles. The number of rotatable bonds is 5. The molecule has 0 bridgehead atoms. The number of aromatic nitrogens is 1. The molecule has 1 atom stereocenters. The Hall–Kier alpha value is -2.62. The second-order valence-corrected chi connectivity index (χ2v) is 7.51. The minimum Gasteiger partial charge on any atom is -0.397 e. The van der Waals surface area contributed by atoms with Gasteiger partial charge in [0, 0.05) is 30.5 Å². The first-order valence-electron chi connectivity index (χ1n) is 9.74. The lowest BCUT2D eigenvalue weighted by molar-refractivity contribution is 0.483. The maximum absolute atomic E-state index is 12.6. The number of halogens is 1. The highest BCUT2D eigenvalue weighted by molar-refractivity contribution is 5.80. The fourth-order valence-electron chi connectivity index (χ4n) is 4.02. The number of pyridine rings is 1. The fourth-order valence-corrected chi connectivity index (χ4v) is 4.02. The molecule has 4 rings (SSSR count). The quantitative estimate of drug-likeness (QED) is 0.766. The van der Waals surface area contributed by atoms with Gasteiger partial charge >= 0.3 is 0 Å². The van der Waals surface area contributed by atoms with Crippen molar-refractivity contribution >= 4 is 16.9 Å². The predicted octanol–water partition coefficient (Wildman–Crippen LogP) is 4.94. The van der Waals surface area contributed by atoms with Gasteiger partial charge in [0.15, 0.2) is 0 Å². The molecule has 140 valence electrons. The molecule has 0 amide bonds. The van der Waals surface area contributed by atoms with Crippen LogP contribution in [0.25, 0.3) is 5.57 Å². The average molecular weight is 363 g/mol. The van der Waals surface area contributed by atoms with Crippen LogP contribution < -0.4 is 10.6 Å². The van der Waals surface area contributed by atoms with E-state index in [-0.39, 0.29) is 0 Å². The van der Waals surface area contributed by atoms with Crippen molar-refractivity contribution < 1.29 is 4.39 Å². The minimum absolute atomic E-state index is 0.452. The van der Waals surface area contributed by atoms with Gasteiger partial charge in [-0.15, -0.1) is 0 Å². The molecule has 0 spiro atoms. The largest absolute Gasteiger partial charge is 0.397 e. The molecule has 4 heteroatoms. The van der Waals surface area contributed by atoms with E-state index >= 15 is 0 Å². The Kier molecular flexibility index (Phi) is 5.23. The van der Waals surface area contributed by atoms with Gasteiger partial charge in [-0.2, -0.15) is 0 Å².